The van der Waals surface area contributed by atoms with E-state index in [4.69, 9.17) is 16.3 Å². The zero-order valence-electron chi connectivity index (χ0n) is 12.2. The molecule has 1 N–H and O–H groups in total. The first kappa shape index (κ1) is 16.4. The van der Waals surface area contributed by atoms with Gasteiger partial charge in [0, 0.05) is 19.0 Å². The van der Waals surface area contributed by atoms with Crippen molar-refractivity contribution in [1.82, 2.24) is 4.98 Å². The summed E-state index contributed by atoms with van der Waals surface area (Å²) in [5.74, 6) is 0.339. The number of nitrogens with one attached hydrogen (secondary N) is 1. The van der Waals surface area contributed by atoms with Crippen molar-refractivity contribution >= 4 is 29.7 Å². The summed E-state index contributed by atoms with van der Waals surface area (Å²) in [6.45, 7) is 8.10. The van der Waals surface area contributed by atoms with Crippen molar-refractivity contribution in [3.8, 4) is 0 Å². The van der Waals surface area contributed by atoms with Gasteiger partial charge in [-0.25, -0.2) is 9.78 Å². The summed E-state index contributed by atoms with van der Waals surface area (Å²) in [7, 11) is 0. The average molecular weight is 298 g/mol. The van der Waals surface area contributed by atoms with Crippen LogP contribution in [0.5, 0.6) is 0 Å². The molecule has 0 aromatic carbocycles. The minimum absolute atomic E-state index is 0.339. The molecule has 0 atom stereocenters. The third-order valence-electron chi connectivity index (χ3n) is 2.13. The van der Waals surface area contributed by atoms with E-state index in [1.165, 1.54) is 6.20 Å². The first-order valence-electron chi connectivity index (χ1n) is 6.48. The Labute approximate surface area is 124 Å². The van der Waals surface area contributed by atoms with Gasteiger partial charge < -0.3 is 4.74 Å². The molecular weight excluding hydrogens is 278 g/mol. The number of hydrogen-bond acceptors (Lipinski definition) is 4. The number of hydrogen-bond donors (Lipinski definition) is 1. The molecule has 6 heteroatoms. The Kier molecular flexibility index (Phi) is 5.95. The molecule has 20 heavy (non-hydrogen) atoms. The first-order valence-corrected chi connectivity index (χ1v) is 6.85. The van der Waals surface area contributed by atoms with Crippen molar-refractivity contribution in [1.29, 1.82) is 0 Å². The fraction of sp³-hybridized carbons (Fsp3) is 0.500. The van der Waals surface area contributed by atoms with Crippen LogP contribution in [0.1, 0.15) is 39.7 Å². The number of aromatic nitrogens is 1. The van der Waals surface area contributed by atoms with Gasteiger partial charge in [-0.05, 0) is 33.3 Å². The van der Waals surface area contributed by atoms with Crippen LogP contribution in [0, 0.1) is 0 Å². The van der Waals surface area contributed by atoms with Crippen molar-refractivity contribution in [3.63, 3.8) is 0 Å². The fourth-order valence-corrected chi connectivity index (χ4v) is 1.55. The molecule has 1 rings (SSSR count). The molecular formula is C14H20ClN3O2. The molecule has 0 spiro atoms. The zero-order chi connectivity index (χ0) is 15.2. The van der Waals surface area contributed by atoms with Crippen LogP contribution in [-0.4, -0.2) is 29.4 Å². The van der Waals surface area contributed by atoms with Crippen LogP contribution in [0.25, 0.3) is 0 Å². The summed E-state index contributed by atoms with van der Waals surface area (Å²) in [6.07, 6.45) is 3.50. The lowest BCUT2D eigenvalue weighted by molar-refractivity contribution is 0.0635. The quantitative estimate of drug-likeness (QED) is 0.857. The van der Waals surface area contributed by atoms with Gasteiger partial charge in [0.25, 0.3) is 0 Å². The molecule has 0 unspecified atom stereocenters. The monoisotopic (exact) mass is 297 g/mol. The number of aliphatic imine (C=N–C) groups is 1. The highest BCUT2D eigenvalue weighted by Gasteiger charge is 2.18. The zero-order valence-corrected chi connectivity index (χ0v) is 13.0. The summed E-state index contributed by atoms with van der Waals surface area (Å²) >= 11 is 6.10. The molecule has 0 radical (unpaired) electrons. The molecule has 1 amide bonds. The highest BCUT2D eigenvalue weighted by molar-refractivity contribution is 6.33. The van der Waals surface area contributed by atoms with Crippen LogP contribution in [0.2, 0.25) is 5.02 Å². The number of carbonyl (C=O) groups is 1. The summed E-state index contributed by atoms with van der Waals surface area (Å²) in [5.41, 5.74) is 0.00698. The summed E-state index contributed by atoms with van der Waals surface area (Å²) in [5, 5.41) is 3.06. The van der Waals surface area contributed by atoms with Gasteiger partial charge in [0.1, 0.15) is 11.4 Å². The molecule has 0 fully saturated rings. The number of carbonyl (C=O) groups excluding carboxylic acids is 1. The molecule has 0 bridgehead atoms. The molecule has 0 saturated heterocycles. The Morgan fingerprint density at radius 1 is 1.55 bits per heavy atom. The maximum Gasteiger partial charge on any atom is 0.413 e. The van der Waals surface area contributed by atoms with Crippen molar-refractivity contribution in [2.75, 3.05) is 11.9 Å². The third-order valence-corrected chi connectivity index (χ3v) is 2.46. The minimum Gasteiger partial charge on any atom is -0.444 e. The van der Waals surface area contributed by atoms with Crippen molar-refractivity contribution < 1.29 is 9.53 Å². The van der Waals surface area contributed by atoms with E-state index in [0.717, 1.165) is 6.42 Å². The molecule has 5 nitrogen and oxygen atoms in total. The van der Waals surface area contributed by atoms with E-state index in [2.05, 4.69) is 15.3 Å². The van der Waals surface area contributed by atoms with Gasteiger partial charge in [-0.3, -0.25) is 10.3 Å². The van der Waals surface area contributed by atoms with Gasteiger partial charge >= 0.3 is 6.09 Å². The number of ether oxygens (including phenoxy) is 1. The molecule has 110 valence electrons. The number of rotatable bonds is 4. The first-order chi connectivity index (χ1) is 9.33. The summed E-state index contributed by atoms with van der Waals surface area (Å²) in [4.78, 5) is 20.1. The van der Waals surface area contributed by atoms with Gasteiger partial charge in [0.2, 0.25) is 0 Å². The Hall–Kier alpha value is -1.62. The van der Waals surface area contributed by atoms with Gasteiger partial charge in [0.05, 0.1) is 10.6 Å². The second-order valence-electron chi connectivity index (χ2n) is 5.22. The minimum atomic E-state index is -0.572. The van der Waals surface area contributed by atoms with E-state index in [-0.39, 0.29) is 0 Å². The fourth-order valence-electron chi connectivity index (χ4n) is 1.36. The van der Waals surface area contributed by atoms with Crippen molar-refractivity contribution in [2.45, 2.75) is 39.7 Å². The van der Waals surface area contributed by atoms with Gasteiger partial charge in [-0.1, -0.05) is 18.5 Å². The maximum atomic E-state index is 11.8. The van der Waals surface area contributed by atoms with Gasteiger partial charge in [0.15, 0.2) is 0 Å². The molecule has 0 saturated carbocycles. The lowest BCUT2D eigenvalue weighted by Crippen LogP contribution is -2.27. The molecule has 1 aromatic heterocycles. The predicted octanol–water partition coefficient (Wildman–Crippen LogP) is 3.91. The topological polar surface area (TPSA) is 63.6 Å². The number of pyridine rings is 1. The molecule has 0 aliphatic rings. The second-order valence-corrected chi connectivity index (χ2v) is 5.62. The smallest absolute Gasteiger partial charge is 0.413 e. The summed E-state index contributed by atoms with van der Waals surface area (Å²) < 4.78 is 5.18. The largest absolute Gasteiger partial charge is 0.444 e. The standard InChI is InChI=1S/C14H20ClN3O2/c1-5-7-16-9-10-11(15)6-8-17-12(10)18-13(19)20-14(2,3)4/h6,8-9H,5,7H2,1-4H3,(H,17,18,19). The SMILES string of the molecule is CCCN=Cc1c(Cl)ccnc1NC(=O)OC(C)(C)C. The lowest BCUT2D eigenvalue weighted by atomic mass is 10.2. The number of amides is 1. The number of anilines is 1. The molecule has 0 aliphatic heterocycles. The van der Waals surface area contributed by atoms with Gasteiger partial charge in [-0.2, -0.15) is 0 Å². The highest BCUT2D eigenvalue weighted by Crippen LogP contribution is 2.21. The van der Waals surface area contributed by atoms with Crippen LogP contribution in [0.3, 0.4) is 0 Å². The van der Waals surface area contributed by atoms with Crippen LogP contribution in [0.15, 0.2) is 17.3 Å². The predicted molar refractivity (Wildman–Crippen MR) is 81.9 cm³/mol. The van der Waals surface area contributed by atoms with Crippen LogP contribution >= 0.6 is 11.6 Å². The Bertz CT molecular complexity index is 496. The normalized spacial score (nSPS) is 11.7. The van der Waals surface area contributed by atoms with E-state index < -0.39 is 11.7 Å². The number of nitrogens with zero attached hydrogens (tertiary/aromatic N) is 2. The van der Waals surface area contributed by atoms with E-state index in [1.54, 1.807) is 33.1 Å². The van der Waals surface area contributed by atoms with E-state index >= 15 is 0 Å². The Morgan fingerprint density at radius 2 is 2.25 bits per heavy atom. The Morgan fingerprint density at radius 3 is 2.85 bits per heavy atom. The second kappa shape index (κ2) is 7.24. The van der Waals surface area contributed by atoms with Crippen molar-refractivity contribution in [3.05, 3.63) is 22.8 Å². The average Bonchev–Trinajstić information content (AvgIpc) is 2.30. The number of halogens is 1. The van der Waals surface area contributed by atoms with Crippen LogP contribution in [-0.2, 0) is 4.74 Å². The van der Waals surface area contributed by atoms with Crippen molar-refractivity contribution in [2.24, 2.45) is 4.99 Å². The van der Waals surface area contributed by atoms with Crippen LogP contribution in [0.4, 0.5) is 10.6 Å². The van der Waals surface area contributed by atoms with E-state index in [0.29, 0.717) is 22.9 Å². The molecule has 0 aliphatic carbocycles. The Balaban J connectivity index is 2.89. The highest BCUT2D eigenvalue weighted by atomic mass is 35.5. The lowest BCUT2D eigenvalue weighted by Gasteiger charge is -2.19. The summed E-state index contributed by atoms with van der Waals surface area (Å²) in [6, 6.07) is 1.65. The van der Waals surface area contributed by atoms with E-state index in [1.807, 2.05) is 6.92 Å². The van der Waals surface area contributed by atoms with Gasteiger partial charge in [-0.15, -0.1) is 0 Å². The molecule has 1 aromatic rings. The third kappa shape index (κ3) is 5.57. The molecule has 1 heterocycles. The van der Waals surface area contributed by atoms with E-state index in [9.17, 15) is 4.79 Å². The van der Waals surface area contributed by atoms with Crippen LogP contribution < -0.4 is 5.32 Å². The maximum absolute atomic E-state index is 11.8.